The largest absolute Gasteiger partial charge is 0.494 e. The van der Waals surface area contributed by atoms with Gasteiger partial charge < -0.3 is 25.3 Å². The van der Waals surface area contributed by atoms with Gasteiger partial charge in [0, 0.05) is 39.4 Å². The van der Waals surface area contributed by atoms with Crippen LogP contribution in [0.1, 0.15) is 29.1 Å². The number of nitrogens with one attached hydrogen (secondary N) is 1. The minimum atomic E-state index is -0.686. The fourth-order valence-electron chi connectivity index (χ4n) is 3.85. The van der Waals surface area contributed by atoms with Crippen LogP contribution in [0, 0.1) is 0 Å². The Morgan fingerprint density at radius 2 is 1.83 bits per heavy atom. The number of nitrogens with two attached hydrogens (primary N) is 1. The van der Waals surface area contributed by atoms with Crippen LogP contribution in [0.15, 0.2) is 52.7 Å². The molecule has 11 nitrogen and oxygen atoms in total. The summed E-state index contributed by atoms with van der Waals surface area (Å²) in [4.78, 5) is 57.3. The topological polar surface area (TPSA) is 146 Å². The molecular formula is C24H27N7O4. The number of amidine groups is 1. The highest BCUT2D eigenvalue weighted by Crippen LogP contribution is 2.33. The maximum absolute atomic E-state index is 13.2. The molecule has 1 aliphatic rings. The Balaban J connectivity index is 0.00000361. The number of pyridine rings is 1. The molecule has 3 aromatic rings. The molecule has 182 valence electrons. The molecule has 0 radical (unpaired) electrons. The second-order valence-electron chi connectivity index (χ2n) is 7.90. The molecule has 1 saturated heterocycles. The number of aliphatic imine (C=N–C) groups is 2. The lowest BCUT2D eigenvalue weighted by molar-refractivity contribution is -0.127. The van der Waals surface area contributed by atoms with Crippen LogP contribution >= 0.6 is 0 Å². The monoisotopic (exact) mass is 477 g/mol. The lowest BCUT2D eigenvalue weighted by Gasteiger charge is -2.34. The number of H-pyrrole nitrogens is 1. The van der Waals surface area contributed by atoms with E-state index >= 15 is 0 Å². The van der Waals surface area contributed by atoms with Crippen molar-refractivity contribution in [1.29, 1.82) is 0 Å². The number of hydrogen-bond acceptors (Lipinski definition) is 6. The first-order valence-electron chi connectivity index (χ1n) is 10.9. The quantitative estimate of drug-likeness (QED) is 0.240. The predicted octanol–water partition coefficient (Wildman–Crippen LogP) is 2.02. The molecule has 1 aromatic carbocycles. The molecule has 0 spiro atoms. The number of Topliss-reactive ketones (excluding diaryl/α,β-unsaturated/α-hetero) is 1. The van der Waals surface area contributed by atoms with E-state index in [1.165, 1.54) is 30.7 Å². The van der Waals surface area contributed by atoms with Crippen molar-refractivity contribution in [3.8, 4) is 5.75 Å². The number of nitrogens with zero attached hydrogens (tertiary/aromatic N) is 5. The number of hydrogen-bond donors (Lipinski definition) is 2. The maximum atomic E-state index is 13.2. The van der Waals surface area contributed by atoms with Crippen LogP contribution in [0.3, 0.4) is 0 Å². The summed E-state index contributed by atoms with van der Waals surface area (Å²) < 4.78 is 5.38. The van der Waals surface area contributed by atoms with E-state index in [0.717, 1.165) is 0 Å². The second kappa shape index (κ2) is 10.2. The molecular weight excluding hydrogens is 450 g/mol. The summed E-state index contributed by atoms with van der Waals surface area (Å²) in [6.45, 7) is 2.82. The van der Waals surface area contributed by atoms with Crippen LogP contribution in [0.4, 0.5) is 5.82 Å². The molecule has 35 heavy (non-hydrogen) atoms. The van der Waals surface area contributed by atoms with E-state index in [0.29, 0.717) is 41.1 Å². The van der Waals surface area contributed by atoms with Crippen molar-refractivity contribution in [1.82, 2.24) is 19.8 Å². The van der Waals surface area contributed by atoms with Crippen molar-refractivity contribution < 1.29 is 20.5 Å². The Bertz CT molecular complexity index is 1320. The fraction of sp³-hybridized carbons (Fsp3) is 0.250. The first-order valence-corrected chi connectivity index (χ1v) is 10.9. The van der Waals surface area contributed by atoms with Crippen LogP contribution in [-0.4, -0.2) is 82.8 Å². The van der Waals surface area contributed by atoms with E-state index in [9.17, 15) is 14.4 Å². The molecule has 0 saturated carbocycles. The van der Waals surface area contributed by atoms with Gasteiger partial charge in [-0.25, -0.2) is 15.0 Å². The molecule has 0 bridgehead atoms. The summed E-state index contributed by atoms with van der Waals surface area (Å²) in [5.41, 5.74) is 6.70. The Kier molecular flexibility index (Phi) is 6.86. The first kappa shape index (κ1) is 23.6. The smallest absolute Gasteiger partial charge is 0.295 e. The molecule has 3 N–H and O–H groups in total. The van der Waals surface area contributed by atoms with Gasteiger partial charge in [-0.05, 0) is 19.1 Å². The zero-order chi connectivity index (χ0) is 24.9. The SMILES string of the molecule is COc1cnc(N=CN=C(C)N)c2[nH]cc(C(=O)C(=O)N3CCN(C(=O)c4ccccc4)CC3)c12.[HH]. The summed E-state index contributed by atoms with van der Waals surface area (Å²) in [5.74, 6) is -0.505. The molecule has 2 aromatic heterocycles. The van der Waals surface area contributed by atoms with Crippen molar-refractivity contribution in [2.45, 2.75) is 6.92 Å². The number of fused-ring (bicyclic) bond motifs is 1. The van der Waals surface area contributed by atoms with E-state index < -0.39 is 11.7 Å². The van der Waals surface area contributed by atoms with E-state index in [4.69, 9.17) is 10.5 Å². The maximum Gasteiger partial charge on any atom is 0.295 e. The van der Waals surface area contributed by atoms with Crippen molar-refractivity contribution in [2.24, 2.45) is 15.7 Å². The van der Waals surface area contributed by atoms with E-state index in [1.807, 2.05) is 6.07 Å². The van der Waals surface area contributed by atoms with Gasteiger partial charge in [0.15, 0.2) is 5.82 Å². The first-order chi connectivity index (χ1) is 16.9. The predicted molar refractivity (Wildman–Crippen MR) is 133 cm³/mol. The zero-order valence-electron chi connectivity index (χ0n) is 19.4. The lowest BCUT2D eigenvalue weighted by Crippen LogP contribution is -2.52. The normalized spacial score (nSPS) is 14.5. The number of methoxy groups -OCH3 is 1. The van der Waals surface area contributed by atoms with Crippen LogP contribution < -0.4 is 10.5 Å². The average Bonchev–Trinajstić information content (AvgIpc) is 3.33. The van der Waals surface area contributed by atoms with Crippen LogP contribution in [0.2, 0.25) is 0 Å². The third-order valence-corrected chi connectivity index (χ3v) is 5.63. The van der Waals surface area contributed by atoms with Crippen LogP contribution in [0.5, 0.6) is 5.75 Å². The number of benzene rings is 1. The number of piperazine rings is 1. The number of aromatic nitrogens is 2. The third kappa shape index (κ3) is 4.88. The number of ether oxygens (including phenoxy) is 1. The standard InChI is InChI=1S/C24H25N7O4.H2/c1-15(25)28-14-29-22-20-19(18(35-2)13-27-22)17(12-26-20)21(32)24(34)31-10-8-30(9-11-31)23(33)16-6-4-3-5-7-16;/h3-7,12-14,26H,8-11H2,1-2H3,(H2,25,27,28,29);1H. The van der Waals surface area contributed by atoms with E-state index in [-0.39, 0.29) is 31.8 Å². The summed E-state index contributed by atoms with van der Waals surface area (Å²) in [6, 6.07) is 8.97. The van der Waals surface area contributed by atoms with Crippen molar-refractivity contribution in [3.63, 3.8) is 0 Å². The molecule has 0 aliphatic carbocycles. The Labute approximate surface area is 202 Å². The van der Waals surface area contributed by atoms with Gasteiger partial charge in [-0.3, -0.25) is 14.4 Å². The van der Waals surface area contributed by atoms with Crippen molar-refractivity contribution in [3.05, 3.63) is 53.9 Å². The summed E-state index contributed by atoms with van der Waals surface area (Å²) in [7, 11) is 1.45. The lowest BCUT2D eigenvalue weighted by atomic mass is 10.1. The number of ketones is 1. The molecule has 11 heteroatoms. The zero-order valence-corrected chi connectivity index (χ0v) is 19.4. The number of amides is 2. The van der Waals surface area contributed by atoms with Gasteiger partial charge in [0.2, 0.25) is 0 Å². The van der Waals surface area contributed by atoms with Crippen LogP contribution in [-0.2, 0) is 4.79 Å². The molecule has 1 fully saturated rings. The Morgan fingerprint density at radius 1 is 1.14 bits per heavy atom. The Hall–Kier alpha value is -4.54. The number of carbonyl (C=O) groups is 3. The molecule has 3 heterocycles. The number of carbonyl (C=O) groups excluding carboxylic acids is 3. The average molecular weight is 478 g/mol. The molecule has 2 amide bonds. The van der Waals surface area contributed by atoms with Gasteiger partial charge in [-0.15, -0.1) is 0 Å². The third-order valence-electron chi connectivity index (χ3n) is 5.63. The van der Waals surface area contributed by atoms with Gasteiger partial charge in [-0.1, -0.05) is 18.2 Å². The van der Waals surface area contributed by atoms with Gasteiger partial charge in [0.05, 0.1) is 35.6 Å². The molecule has 0 atom stereocenters. The molecule has 4 rings (SSSR count). The second-order valence-corrected chi connectivity index (χ2v) is 7.90. The van der Waals surface area contributed by atoms with E-state index in [1.54, 1.807) is 36.1 Å². The van der Waals surface area contributed by atoms with Gasteiger partial charge >= 0.3 is 0 Å². The number of aromatic amines is 1. The van der Waals surface area contributed by atoms with Crippen molar-refractivity contribution in [2.75, 3.05) is 33.3 Å². The van der Waals surface area contributed by atoms with Gasteiger partial charge in [-0.2, -0.15) is 0 Å². The summed E-state index contributed by atoms with van der Waals surface area (Å²) >= 11 is 0. The Morgan fingerprint density at radius 3 is 2.49 bits per heavy atom. The molecule has 1 aliphatic heterocycles. The fourth-order valence-corrected chi connectivity index (χ4v) is 3.85. The highest BCUT2D eigenvalue weighted by molar-refractivity contribution is 6.45. The number of rotatable bonds is 6. The summed E-state index contributed by atoms with van der Waals surface area (Å²) in [5, 5.41) is 0.402. The van der Waals surface area contributed by atoms with Crippen LogP contribution in [0.25, 0.3) is 10.9 Å². The van der Waals surface area contributed by atoms with Gasteiger partial charge in [0.25, 0.3) is 17.6 Å². The highest BCUT2D eigenvalue weighted by atomic mass is 16.5. The molecule has 0 unspecified atom stereocenters. The van der Waals surface area contributed by atoms with E-state index in [2.05, 4.69) is 20.0 Å². The summed E-state index contributed by atoms with van der Waals surface area (Å²) in [6.07, 6.45) is 4.13. The van der Waals surface area contributed by atoms with Gasteiger partial charge in [0.1, 0.15) is 12.1 Å². The highest BCUT2D eigenvalue weighted by Gasteiger charge is 2.31. The van der Waals surface area contributed by atoms with Crippen molar-refractivity contribution >= 4 is 46.5 Å². The minimum absolute atomic E-state index is 0. The minimum Gasteiger partial charge on any atom is -0.494 e.